The highest BCUT2D eigenvalue weighted by Gasteiger charge is 2.19. The van der Waals surface area contributed by atoms with Crippen LogP contribution in [0, 0.1) is 5.82 Å². The molecule has 1 aromatic heterocycles. The predicted molar refractivity (Wildman–Crippen MR) is 80.2 cm³/mol. The van der Waals surface area contributed by atoms with Gasteiger partial charge in [-0.05, 0) is 25.2 Å². The van der Waals surface area contributed by atoms with Crippen LogP contribution < -0.4 is 5.32 Å². The van der Waals surface area contributed by atoms with Gasteiger partial charge in [0.15, 0.2) is 5.82 Å². The fourth-order valence-electron chi connectivity index (χ4n) is 2.55. The molecular formula is C15H17F3N4O. The molecule has 0 amide bonds. The summed E-state index contributed by atoms with van der Waals surface area (Å²) in [4.78, 5) is 9.74. The Kier molecular flexibility index (Phi) is 4.63. The van der Waals surface area contributed by atoms with Gasteiger partial charge in [0.05, 0.1) is 18.2 Å². The summed E-state index contributed by atoms with van der Waals surface area (Å²) in [7, 11) is 1.99. The number of morpholine rings is 1. The third-order valence-electron chi connectivity index (χ3n) is 3.71. The topological polar surface area (TPSA) is 50.3 Å². The number of benzene rings is 1. The fraction of sp³-hybridized carbons (Fsp3) is 0.467. The number of aromatic nitrogens is 2. The van der Waals surface area contributed by atoms with Crippen LogP contribution in [0.5, 0.6) is 0 Å². The first-order valence-corrected chi connectivity index (χ1v) is 7.32. The van der Waals surface area contributed by atoms with Gasteiger partial charge in [0, 0.05) is 25.0 Å². The maximum absolute atomic E-state index is 13.5. The summed E-state index contributed by atoms with van der Waals surface area (Å²) in [5, 5.41) is 3.37. The molecule has 1 N–H and O–H groups in total. The molecule has 1 unspecified atom stereocenters. The van der Waals surface area contributed by atoms with Crippen molar-refractivity contribution in [1.82, 2.24) is 14.9 Å². The molecule has 0 radical (unpaired) electrons. The molecule has 1 aliphatic rings. The molecule has 0 spiro atoms. The second-order valence-electron chi connectivity index (χ2n) is 5.53. The van der Waals surface area contributed by atoms with Gasteiger partial charge in [-0.1, -0.05) is 0 Å². The molecule has 0 saturated carbocycles. The van der Waals surface area contributed by atoms with Crippen LogP contribution in [0.3, 0.4) is 0 Å². The first kappa shape index (κ1) is 15.9. The van der Waals surface area contributed by atoms with Crippen molar-refractivity contribution in [2.45, 2.75) is 12.5 Å². The number of nitrogens with zero attached hydrogens (tertiary/aromatic N) is 3. The molecule has 2 aromatic rings. The lowest BCUT2D eigenvalue weighted by molar-refractivity contribution is -0.0117. The molecule has 23 heavy (non-hydrogen) atoms. The molecule has 3 rings (SSSR count). The van der Waals surface area contributed by atoms with Gasteiger partial charge in [0.25, 0.3) is 6.43 Å². The van der Waals surface area contributed by atoms with Crippen molar-refractivity contribution in [3.05, 3.63) is 29.8 Å². The molecule has 0 aliphatic carbocycles. The fourth-order valence-corrected chi connectivity index (χ4v) is 2.55. The Morgan fingerprint density at radius 2 is 2.22 bits per heavy atom. The van der Waals surface area contributed by atoms with E-state index in [1.54, 1.807) is 0 Å². The highest BCUT2D eigenvalue weighted by atomic mass is 19.3. The van der Waals surface area contributed by atoms with E-state index < -0.39 is 18.1 Å². The van der Waals surface area contributed by atoms with Crippen molar-refractivity contribution in [1.29, 1.82) is 0 Å². The Balaban J connectivity index is 1.86. The Morgan fingerprint density at radius 3 is 2.96 bits per heavy atom. The quantitative estimate of drug-likeness (QED) is 0.935. The smallest absolute Gasteiger partial charge is 0.297 e. The van der Waals surface area contributed by atoms with Crippen molar-refractivity contribution in [3.63, 3.8) is 0 Å². The van der Waals surface area contributed by atoms with Crippen LogP contribution in [0.25, 0.3) is 10.9 Å². The summed E-state index contributed by atoms with van der Waals surface area (Å²) in [5.41, 5.74) is 0.279. The zero-order valence-corrected chi connectivity index (χ0v) is 12.6. The summed E-state index contributed by atoms with van der Waals surface area (Å²) in [6.45, 7) is 2.60. The summed E-state index contributed by atoms with van der Waals surface area (Å²) in [6, 6.07) is 3.79. The lowest BCUT2D eigenvalue weighted by atomic mass is 10.2. The van der Waals surface area contributed by atoms with Gasteiger partial charge >= 0.3 is 0 Å². The van der Waals surface area contributed by atoms with Crippen molar-refractivity contribution in [2.24, 2.45) is 0 Å². The standard InChI is InChI=1S/C15H17F3N4O/c1-22-4-5-23-10(8-22)7-19-14-11-6-9(16)2-3-12(11)20-15(21-14)13(17)18/h2-3,6,10,13H,4-5,7-8H2,1H3,(H,19,20,21). The summed E-state index contributed by atoms with van der Waals surface area (Å²) >= 11 is 0. The Morgan fingerprint density at radius 1 is 1.39 bits per heavy atom. The van der Waals surface area contributed by atoms with Crippen molar-refractivity contribution >= 4 is 16.7 Å². The molecule has 8 heteroatoms. The van der Waals surface area contributed by atoms with Crippen LogP contribution in [0.2, 0.25) is 0 Å². The van der Waals surface area contributed by atoms with Gasteiger partial charge in [-0.3, -0.25) is 0 Å². The van der Waals surface area contributed by atoms with Gasteiger partial charge in [0.2, 0.25) is 0 Å². The summed E-state index contributed by atoms with van der Waals surface area (Å²) in [5.74, 6) is -0.850. The predicted octanol–water partition coefficient (Wildman–Crippen LogP) is 2.45. The Labute approximate surface area is 131 Å². The molecule has 5 nitrogen and oxygen atoms in total. The maximum atomic E-state index is 13.5. The van der Waals surface area contributed by atoms with E-state index in [4.69, 9.17) is 4.74 Å². The highest BCUT2D eigenvalue weighted by Crippen LogP contribution is 2.25. The maximum Gasteiger partial charge on any atom is 0.297 e. The van der Waals surface area contributed by atoms with E-state index in [9.17, 15) is 13.2 Å². The van der Waals surface area contributed by atoms with Crippen LogP contribution in [0.1, 0.15) is 12.2 Å². The number of alkyl halides is 2. The summed E-state index contributed by atoms with van der Waals surface area (Å²) < 4.78 is 45.0. The molecule has 2 heterocycles. The number of fused-ring (bicyclic) bond motifs is 1. The number of ether oxygens (including phenoxy) is 1. The molecular weight excluding hydrogens is 309 g/mol. The largest absolute Gasteiger partial charge is 0.374 e. The lowest BCUT2D eigenvalue weighted by Gasteiger charge is -2.30. The minimum absolute atomic E-state index is 0.0812. The van der Waals surface area contributed by atoms with Gasteiger partial charge in [0.1, 0.15) is 11.6 Å². The van der Waals surface area contributed by atoms with Crippen molar-refractivity contribution < 1.29 is 17.9 Å². The van der Waals surface area contributed by atoms with E-state index in [1.165, 1.54) is 18.2 Å². The molecule has 1 aromatic carbocycles. The van der Waals surface area contributed by atoms with E-state index in [0.29, 0.717) is 18.5 Å². The minimum atomic E-state index is -2.79. The van der Waals surface area contributed by atoms with Crippen molar-refractivity contribution in [3.8, 4) is 0 Å². The minimum Gasteiger partial charge on any atom is -0.374 e. The van der Waals surface area contributed by atoms with E-state index in [1.807, 2.05) is 7.05 Å². The third-order valence-corrected chi connectivity index (χ3v) is 3.71. The van der Waals surface area contributed by atoms with E-state index >= 15 is 0 Å². The van der Waals surface area contributed by atoms with Gasteiger partial charge in [-0.25, -0.2) is 23.1 Å². The first-order valence-electron chi connectivity index (χ1n) is 7.32. The zero-order chi connectivity index (χ0) is 16.4. The second kappa shape index (κ2) is 6.67. The molecule has 1 saturated heterocycles. The monoisotopic (exact) mass is 326 g/mol. The Hall–Kier alpha value is -1.93. The van der Waals surface area contributed by atoms with E-state index in [0.717, 1.165) is 13.1 Å². The van der Waals surface area contributed by atoms with Crippen LogP contribution in [-0.4, -0.2) is 54.3 Å². The number of anilines is 1. The lowest BCUT2D eigenvalue weighted by Crippen LogP contribution is -2.43. The van der Waals surface area contributed by atoms with Crippen LogP contribution in [-0.2, 0) is 4.74 Å². The molecule has 1 fully saturated rings. The first-order chi connectivity index (χ1) is 11.0. The van der Waals surface area contributed by atoms with Gasteiger partial charge in [-0.15, -0.1) is 0 Å². The molecule has 0 bridgehead atoms. The summed E-state index contributed by atoms with van der Waals surface area (Å²) in [6.07, 6.45) is -2.87. The normalized spacial score (nSPS) is 19.4. The number of hydrogen-bond acceptors (Lipinski definition) is 5. The van der Waals surface area contributed by atoms with Crippen LogP contribution in [0.15, 0.2) is 18.2 Å². The SMILES string of the molecule is CN1CCOC(CNc2nc(C(F)F)nc3ccc(F)cc23)C1. The van der Waals surface area contributed by atoms with Crippen LogP contribution in [0.4, 0.5) is 19.0 Å². The van der Waals surface area contributed by atoms with E-state index in [-0.39, 0.29) is 17.4 Å². The van der Waals surface area contributed by atoms with Crippen LogP contribution >= 0.6 is 0 Å². The van der Waals surface area contributed by atoms with E-state index in [2.05, 4.69) is 20.2 Å². The molecule has 124 valence electrons. The highest BCUT2D eigenvalue weighted by molar-refractivity contribution is 5.89. The second-order valence-corrected chi connectivity index (χ2v) is 5.53. The number of halogens is 3. The van der Waals surface area contributed by atoms with Gasteiger partial charge in [-0.2, -0.15) is 0 Å². The molecule has 1 aliphatic heterocycles. The average molecular weight is 326 g/mol. The Bertz CT molecular complexity index is 698. The number of rotatable bonds is 4. The van der Waals surface area contributed by atoms with Crippen molar-refractivity contribution in [2.75, 3.05) is 38.6 Å². The third kappa shape index (κ3) is 3.70. The number of hydrogen-bond donors (Lipinski definition) is 1. The number of nitrogens with one attached hydrogen (secondary N) is 1. The number of likely N-dealkylation sites (N-methyl/N-ethyl adjacent to an activating group) is 1. The zero-order valence-electron chi connectivity index (χ0n) is 12.6. The van der Waals surface area contributed by atoms with Gasteiger partial charge < -0.3 is 15.0 Å². The molecule has 1 atom stereocenters. The average Bonchev–Trinajstić information content (AvgIpc) is 2.52.